The van der Waals surface area contributed by atoms with Gasteiger partial charge in [0.05, 0.1) is 22.8 Å². The van der Waals surface area contributed by atoms with E-state index < -0.39 is 48.0 Å². The van der Waals surface area contributed by atoms with Crippen molar-refractivity contribution in [2.75, 3.05) is 9.80 Å². The summed E-state index contributed by atoms with van der Waals surface area (Å²) >= 11 is 0. The second kappa shape index (κ2) is 13.2. The summed E-state index contributed by atoms with van der Waals surface area (Å²) in [5, 5.41) is 40.1. The average molecular weight is 869 g/mol. The van der Waals surface area contributed by atoms with Crippen molar-refractivity contribution in [1.82, 2.24) is 19.9 Å². The Bertz CT molecular complexity index is 3420. The minimum absolute atomic E-state index is 0.528. The van der Waals surface area contributed by atoms with Crippen LogP contribution in [0.25, 0.3) is 90.9 Å². The number of fused-ring (bicyclic) bond motifs is 8. The van der Waals surface area contributed by atoms with Gasteiger partial charge in [-0.2, -0.15) is 0 Å². The van der Waals surface area contributed by atoms with Crippen LogP contribution in [0.3, 0.4) is 0 Å². The fraction of sp³-hybridized carbons (Fsp3) is 0.0769. The molecule has 318 valence electrons. The predicted octanol–water partition coefficient (Wildman–Crippen LogP) is 9.49. The molecule has 8 aliphatic rings. The number of nitrogens with one attached hydrogen (secondary N) is 2. The summed E-state index contributed by atoms with van der Waals surface area (Å²) in [4.78, 5) is 69.2. The van der Waals surface area contributed by atoms with Gasteiger partial charge in [-0.15, -0.1) is 0 Å². The molecule has 14 nitrogen and oxygen atoms in total. The number of carboxylic acid groups (broad SMARTS) is 4. The van der Waals surface area contributed by atoms with Crippen molar-refractivity contribution >= 4 is 81.6 Å². The smallest absolute Gasteiger partial charge is 0.331 e. The zero-order chi connectivity index (χ0) is 44.9. The van der Waals surface area contributed by atoms with Crippen LogP contribution in [0.1, 0.15) is 69.2 Å². The maximum atomic E-state index is 12.4. The SMILES string of the molecule is O=C(O)C1c2c(-c3ccc(-c4c5nc(cc6ccc([nH]6)c(-c6ccc(-c7ccc8c9c7C(C(=O)O)N8C9C(=O)O)cc6)c6nc(cc7ccc4[nH]7)C=C6)C=C5)cc3)ccc3c2C(C(=O)O)N31. The third kappa shape index (κ3) is 5.11. The summed E-state index contributed by atoms with van der Waals surface area (Å²) in [5.41, 5.74) is 16.0. The molecule has 8 aliphatic heterocycles. The van der Waals surface area contributed by atoms with Crippen LogP contribution in [-0.4, -0.2) is 64.2 Å². The molecule has 0 amide bonds. The summed E-state index contributed by atoms with van der Waals surface area (Å²) in [6.07, 6.45) is 7.85. The fourth-order valence-corrected chi connectivity index (χ4v) is 10.9. The Kier molecular flexibility index (Phi) is 7.53. The number of aliphatic carboxylic acids is 4. The van der Waals surface area contributed by atoms with E-state index in [9.17, 15) is 39.6 Å². The quantitative estimate of drug-likeness (QED) is 0.0843. The molecule has 3 aromatic heterocycles. The zero-order valence-electron chi connectivity index (χ0n) is 34.2. The first-order valence-electron chi connectivity index (χ1n) is 21.2. The molecule has 4 atom stereocenters. The van der Waals surface area contributed by atoms with Gasteiger partial charge in [-0.3, -0.25) is 0 Å². The summed E-state index contributed by atoms with van der Waals surface area (Å²) < 4.78 is 0. The summed E-state index contributed by atoms with van der Waals surface area (Å²) in [5.74, 6) is -4.31. The molecule has 7 aromatic rings. The number of benzene rings is 4. The predicted molar refractivity (Wildman–Crippen MR) is 247 cm³/mol. The lowest BCUT2D eigenvalue weighted by molar-refractivity contribution is -0.142. The third-order valence-corrected chi connectivity index (χ3v) is 13.6. The summed E-state index contributed by atoms with van der Waals surface area (Å²) in [6.45, 7) is 0. The first-order chi connectivity index (χ1) is 32.0. The van der Waals surface area contributed by atoms with Gasteiger partial charge in [0, 0.05) is 66.8 Å². The van der Waals surface area contributed by atoms with Gasteiger partial charge in [-0.1, -0.05) is 60.7 Å². The molecule has 4 unspecified atom stereocenters. The molecule has 66 heavy (non-hydrogen) atoms. The van der Waals surface area contributed by atoms with Crippen LogP contribution in [0.2, 0.25) is 0 Å². The summed E-state index contributed by atoms with van der Waals surface area (Å²) in [6, 6.07) is 30.8. The number of aromatic amines is 2. The largest absolute Gasteiger partial charge is 0.479 e. The molecule has 0 spiro atoms. The Hall–Kier alpha value is -9.04. The van der Waals surface area contributed by atoms with E-state index in [2.05, 4.69) is 9.97 Å². The maximum Gasteiger partial charge on any atom is 0.331 e. The van der Waals surface area contributed by atoms with E-state index in [1.807, 2.05) is 121 Å². The molecule has 16 bridgehead atoms. The van der Waals surface area contributed by atoms with E-state index in [-0.39, 0.29) is 0 Å². The monoisotopic (exact) mass is 868 g/mol. The molecule has 0 aliphatic carbocycles. The van der Waals surface area contributed by atoms with Gasteiger partial charge in [0.2, 0.25) is 0 Å². The van der Waals surface area contributed by atoms with Crippen LogP contribution in [0.4, 0.5) is 11.4 Å². The van der Waals surface area contributed by atoms with E-state index in [0.717, 1.165) is 78.2 Å². The highest BCUT2D eigenvalue weighted by atomic mass is 16.4. The van der Waals surface area contributed by atoms with Crippen molar-refractivity contribution < 1.29 is 39.6 Å². The zero-order valence-corrected chi connectivity index (χ0v) is 34.2. The van der Waals surface area contributed by atoms with Gasteiger partial charge in [-0.05, 0) is 106 Å². The number of H-pyrrole nitrogens is 2. The Morgan fingerprint density at radius 1 is 0.424 bits per heavy atom. The van der Waals surface area contributed by atoms with Gasteiger partial charge in [-0.25, -0.2) is 29.1 Å². The Morgan fingerprint density at radius 3 is 1.17 bits per heavy atom. The number of carboxylic acids is 4. The number of rotatable bonds is 8. The standard InChI is InChI=1S/C52H32N6O8/c59-49(60)45-41-31(13-19-37-43(41)47(51(63)64)57(37)45)23-1-5-25(6-2-23)39-33-15-9-27(53-33)21-29-11-17-35(55-29)40(36-18-12-30(56-36)22-28-10-16-34(39)54-28)26-7-3-24(4-8-26)32-14-20-38-44-42(32)46(50(61)62)58(38)48(44)52(65)66/h1-22,45-48,53,56H,(H,59,60)(H,61,62)(H,63,64)(H,65,66). The van der Waals surface area contributed by atoms with Crippen molar-refractivity contribution in [2.24, 2.45) is 0 Å². The number of hydrogen-bond donors (Lipinski definition) is 6. The van der Waals surface area contributed by atoms with Crippen molar-refractivity contribution in [3.05, 3.63) is 154 Å². The highest BCUT2D eigenvalue weighted by molar-refractivity contribution is 6.05. The average Bonchev–Trinajstić information content (AvgIpc) is 4.16. The highest BCUT2D eigenvalue weighted by Crippen LogP contribution is 2.62. The topological polar surface area (TPSA) is 213 Å². The van der Waals surface area contributed by atoms with Crippen LogP contribution >= 0.6 is 0 Å². The minimum Gasteiger partial charge on any atom is -0.479 e. The fourth-order valence-electron chi connectivity index (χ4n) is 10.9. The van der Waals surface area contributed by atoms with Crippen molar-refractivity contribution in [3.63, 3.8) is 0 Å². The molecule has 14 heteroatoms. The number of aromatic nitrogens is 4. The van der Waals surface area contributed by atoms with Crippen molar-refractivity contribution in [2.45, 2.75) is 24.2 Å². The van der Waals surface area contributed by atoms with Crippen molar-refractivity contribution in [1.29, 1.82) is 0 Å². The van der Waals surface area contributed by atoms with E-state index in [0.29, 0.717) is 44.8 Å². The molecule has 6 N–H and O–H groups in total. The van der Waals surface area contributed by atoms with E-state index in [1.54, 1.807) is 12.1 Å². The lowest BCUT2D eigenvalue weighted by Gasteiger charge is -2.35. The first-order valence-corrected chi connectivity index (χ1v) is 21.2. The Balaban J connectivity index is 0.902. The number of anilines is 2. The van der Waals surface area contributed by atoms with Crippen molar-refractivity contribution in [3.8, 4) is 44.5 Å². The normalized spacial score (nSPS) is 18.6. The van der Waals surface area contributed by atoms with Crippen LogP contribution < -0.4 is 9.80 Å². The van der Waals surface area contributed by atoms with Crippen LogP contribution in [0, 0.1) is 0 Å². The number of hydrogen-bond acceptors (Lipinski definition) is 8. The molecule has 0 fully saturated rings. The molecular formula is C52H32N6O8. The first kappa shape index (κ1) is 37.5. The van der Waals surface area contributed by atoms with Gasteiger partial charge in [0.25, 0.3) is 0 Å². The molecule has 0 saturated carbocycles. The lowest BCUT2D eigenvalue weighted by Crippen LogP contribution is -2.39. The Morgan fingerprint density at radius 2 is 0.788 bits per heavy atom. The second-order valence-electron chi connectivity index (χ2n) is 17.1. The second-order valence-corrected chi connectivity index (χ2v) is 17.1. The van der Waals surface area contributed by atoms with Gasteiger partial charge in [0.1, 0.15) is 0 Å². The molecular weight excluding hydrogens is 837 g/mol. The number of nitrogens with zero attached hydrogens (tertiary/aromatic N) is 4. The van der Waals surface area contributed by atoms with E-state index >= 15 is 0 Å². The van der Waals surface area contributed by atoms with Crippen LogP contribution in [-0.2, 0) is 19.2 Å². The Labute approximate surface area is 372 Å². The van der Waals surface area contributed by atoms with E-state index in [1.165, 1.54) is 9.80 Å². The molecule has 4 aromatic carbocycles. The van der Waals surface area contributed by atoms with Crippen LogP contribution in [0.5, 0.6) is 0 Å². The molecule has 0 radical (unpaired) electrons. The third-order valence-electron chi connectivity index (χ3n) is 13.6. The van der Waals surface area contributed by atoms with E-state index in [4.69, 9.17) is 9.97 Å². The molecule has 0 saturated heterocycles. The van der Waals surface area contributed by atoms with Crippen LogP contribution in [0.15, 0.2) is 109 Å². The number of carbonyl (C=O) groups is 4. The summed E-state index contributed by atoms with van der Waals surface area (Å²) in [7, 11) is 0. The van der Waals surface area contributed by atoms with Gasteiger partial charge >= 0.3 is 23.9 Å². The van der Waals surface area contributed by atoms with Gasteiger partial charge < -0.3 is 40.2 Å². The minimum atomic E-state index is -1.09. The van der Waals surface area contributed by atoms with Gasteiger partial charge in [0.15, 0.2) is 24.2 Å². The highest BCUT2D eigenvalue weighted by Gasteiger charge is 2.58. The maximum absolute atomic E-state index is 12.4. The molecule has 11 heterocycles. The lowest BCUT2D eigenvalue weighted by atomic mass is 9.89. The molecule has 15 rings (SSSR count).